The second-order valence-electron chi connectivity index (χ2n) is 4.19. The summed E-state index contributed by atoms with van der Waals surface area (Å²) >= 11 is 8.09. The van der Waals surface area contributed by atoms with Gasteiger partial charge < -0.3 is 10.6 Å². The van der Waals surface area contributed by atoms with Gasteiger partial charge in [-0.15, -0.1) is 11.3 Å². The van der Waals surface area contributed by atoms with Gasteiger partial charge in [0, 0.05) is 23.6 Å². The van der Waals surface area contributed by atoms with E-state index in [1.165, 1.54) is 11.3 Å². The van der Waals surface area contributed by atoms with Crippen LogP contribution in [0.4, 0.5) is 0 Å². The van der Waals surface area contributed by atoms with Crippen molar-refractivity contribution >= 4 is 55.0 Å². The lowest BCUT2D eigenvalue weighted by molar-refractivity contribution is 0.0949. The van der Waals surface area contributed by atoms with Crippen molar-refractivity contribution < 1.29 is 9.59 Å². The van der Waals surface area contributed by atoms with Crippen LogP contribution < -0.4 is 10.6 Å². The van der Waals surface area contributed by atoms with Crippen LogP contribution in [-0.4, -0.2) is 18.9 Å². The number of nitrogens with one attached hydrogen (secondary N) is 2. The fourth-order valence-corrected chi connectivity index (χ4v) is 3.60. The van der Waals surface area contributed by atoms with Gasteiger partial charge in [0.2, 0.25) is 0 Å². The predicted molar refractivity (Wildman–Crippen MR) is 90.7 cm³/mol. The third-order valence-electron chi connectivity index (χ3n) is 2.77. The maximum absolute atomic E-state index is 12.0. The summed E-state index contributed by atoms with van der Waals surface area (Å²) in [4.78, 5) is 24.1. The van der Waals surface area contributed by atoms with Gasteiger partial charge in [0.25, 0.3) is 11.8 Å². The summed E-state index contributed by atoms with van der Waals surface area (Å²) in [6.45, 7) is 0.417. The third-order valence-corrected chi connectivity index (χ3v) is 6.02. The average Bonchev–Trinajstić information content (AvgIpc) is 2.84. The molecule has 0 radical (unpaired) electrons. The molecule has 0 fully saturated rings. The molecule has 2 rings (SSSR count). The Morgan fingerprint density at radius 2 is 1.81 bits per heavy atom. The largest absolute Gasteiger partial charge is 0.355 e. The Morgan fingerprint density at radius 1 is 1.14 bits per heavy atom. The Balaban J connectivity index is 1.96. The number of carbonyl (C=O) groups is 2. The Hall–Kier alpha value is -1.18. The third kappa shape index (κ3) is 4.15. The highest BCUT2D eigenvalue weighted by molar-refractivity contribution is 9.13. The van der Waals surface area contributed by atoms with E-state index in [-0.39, 0.29) is 11.8 Å². The van der Waals surface area contributed by atoms with Crippen LogP contribution in [0.1, 0.15) is 25.6 Å². The monoisotopic (exact) mass is 430 g/mol. The van der Waals surface area contributed by atoms with Crippen molar-refractivity contribution in [2.75, 3.05) is 7.05 Å². The molecule has 0 atom stereocenters. The van der Waals surface area contributed by atoms with Crippen molar-refractivity contribution in [2.24, 2.45) is 0 Å². The van der Waals surface area contributed by atoms with Crippen LogP contribution in [0, 0.1) is 0 Å². The van der Waals surface area contributed by atoms with Gasteiger partial charge >= 0.3 is 0 Å². The van der Waals surface area contributed by atoms with Crippen molar-refractivity contribution in [3.8, 4) is 0 Å². The van der Waals surface area contributed by atoms with Crippen molar-refractivity contribution in [1.29, 1.82) is 0 Å². The number of thiophene rings is 1. The lowest BCUT2D eigenvalue weighted by Gasteiger charge is -2.05. The van der Waals surface area contributed by atoms with E-state index in [1.54, 1.807) is 25.2 Å². The first-order chi connectivity index (χ1) is 10.0. The van der Waals surface area contributed by atoms with Crippen LogP contribution in [0.25, 0.3) is 0 Å². The van der Waals surface area contributed by atoms with E-state index in [0.29, 0.717) is 17.0 Å². The molecule has 0 aliphatic carbocycles. The summed E-state index contributed by atoms with van der Waals surface area (Å²) in [5.74, 6) is -0.249. The second-order valence-corrected chi connectivity index (χ2v) is 7.42. The van der Waals surface area contributed by atoms with Crippen molar-refractivity contribution in [1.82, 2.24) is 10.6 Å². The van der Waals surface area contributed by atoms with Crippen LogP contribution >= 0.6 is 43.2 Å². The number of rotatable bonds is 4. The molecule has 2 aromatic rings. The quantitative estimate of drug-likeness (QED) is 0.777. The number of hydrogen-bond donors (Lipinski definition) is 2. The summed E-state index contributed by atoms with van der Waals surface area (Å²) < 4.78 is 1.76. The van der Waals surface area contributed by atoms with E-state index < -0.39 is 0 Å². The number of hydrogen-bond acceptors (Lipinski definition) is 3. The Kier molecular flexibility index (Phi) is 5.55. The molecule has 0 spiro atoms. The van der Waals surface area contributed by atoms with Gasteiger partial charge in [-0.2, -0.15) is 0 Å². The molecule has 4 nitrogen and oxygen atoms in total. The molecule has 0 aliphatic heterocycles. The molecule has 0 aliphatic rings. The van der Waals surface area contributed by atoms with Gasteiger partial charge in [-0.05, 0) is 55.6 Å². The fraction of sp³-hybridized carbons (Fsp3) is 0.143. The number of amides is 2. The molecule has 1 heterocycles. The normalized spacial score (nSPS) is 10.2. The summed E-state index contributed by atoms with van der Waals surface area (Å²) in [6, 6.07) is 8.90. The predicted octanol–water partition coefficient (Wildman–Crippen LogP) is 3.56. The minimum Gasteiger partial charge on any atom is -0.355 e. The maximum Gasteiger partial charge on any atom is 0.261 e. The van der Waals surface area contributed by atoms with Crippen molar-refractivity contribution in [3.63, 3.8) is 0 Å². The molecule has 110 valence electrons. The van der Waals surface area contributed by atoms with Crippen molar-refractivity contribution in [3.05, 3.63) is 54.6 Å². The van der Waals surface area contributed by atoms with Crippen LogP contribution in [0.15, 0.2) is 38.6 Å². The number of carbonyl (C=O) groups excluding carboxylic acids is 2. The minimum atomic E-state index is -0.126. The molecule has 7 heteroatoms. The summed E-state index contributed by atoms with van der Waals surface area (Å²) in [7, 11) is 1.59. The molecule has 2 amide bonds. The fourth-order valence-electron chi connectivity index (χ4n) is 1.65. The first-order valence-corrected chi connectivity index (χ1v) is 8.45. The highest BCUT2D eigenvalue weighted by Gasteiger charge is 2.11. The number of benzene rings is 1. The van der Waals surface area contributed by atoms with Gasteiger partial charge in [0.05, 0.1) is 8.66 Å². The van der Waals surface area contributed by atoms with E-state index >= 15 is 0 Å². The smallest absolute Gasteiger partial charge is 0.261 e. The van der Waals surface area contributed by atoms with Gasteiger partial charge in [0.1, 0.15) is 0 Å². The zero-order valence-corrected chi connectivity index (χ0v) is 15.1. The Bertz CT molecular complexity index is 649. The molecular weight excluding hydrogens is 420 g/mol. The highest BCUT2D eigenvalue weighted by atomic mass is 79.9. The van der Waals surface area contributed by atoms with Crippen LogP contribution in [0.5, 0.6) is 0 Å². The SMILES string of the molecule is CNC(=O)c1ccc(CNC(=O)c2cc(Br)c(Br)s2)cc1. The van der Waals surface area contributed by atoms with E-state index in [1.807, 2.05) is 12.1 Å². The highest BCUT2D eigenvalue weighted by Crippen LogP contribution is 2.32. The van der Waals surface area contributed by atoms with Gasteiger partial charge in [-0.25, -0.2) is 0 Å². The first kappa shape index (κ1) is 16.2. The van der Waals surface area contributed by atoms with Gasteiger partial charge in [-0.1, -0.05) is 12.1 Å². The molecule has 21 heavy (non-hydrogen) atoms. The Morgan fingerprint density at radius 3 is 2.33 bits per heavy atom. The van der Waals surface area contributed by atoms with Crippen LogP contribution in [0.2, 0.25) is 0 Å². The maximum atomic E-state index is 12.0. The molecule has 2 N–H and O–H groups in total. The van der Waals surface area contributed by atoms with E-state index in [4.69, 9.17) is 0 Å². The van der Waals surface area contributed by atoms with Crippen molar-refractivity contribution in [2.45, 2.75) is 6.54 Å². The van der Waals surface area contributed by atoms with Gasteiger partial charge in [-0.3, -0.25) is 9.59 Å². The zero-order valence-electron chi connectivity index (χ0n) is 11.1. The summed E-state index contributed by atoms with van der Waals surface area (Å²) in [5.41, 5.74) is 1.53. The van der Waals surface area contributed by atoms with E-state index in [9.17, 15) is 9.59 Å². The van der Waals surface area contributed by atoms with Crippen LogP contribution in [-0.2, 0) is 6.54 Å². The molecule has 0 saturated heterocycles. The molecule has 1 aromatic carbocycles. The minimum absolute atomic E-state index is 0.123. The summed E-state index contributed by atoms with van der Waals surface area (Å²) in [6.07, 6.45) is 0. The van der Waals surface area contributed by atoms with E-state index in [2.05, 4.69) is 42.5 Å². The van der Waals surface area contributed by atoms with Crippen LogP contribution in [0.3, 0.4) is 0 Å². The van der Waals surface area contributed by atoms with Gasteiger partial charge in [0.15, 0.2) is 0 Å². The topological polar surface area (TPSA) is 58.2 Å². The zero-order chi connectivity index (χ0) is 15.4. The molecular formula is C14H12Br2N2O2S. The standard InChI is InChI=1S/C14H12Br2N2O2S/c1-17-13(19)9-4-2-8(3-5-9)7-18-14(20)11-6-10(15)12(16)21-11/h2-6H,7H2,1H3,(H,17,19)(H,18,20). The first-order valence-electron chi connectivity index (χ1n) is 6.05. The second kappa shape index (κ2) is 7.20. The summed E-state index contributed by atoms with van der Waals surface area (Å²) in [5, 5.41) is 5.41. The molecule has 0 bridgehead atoms. The lowest BCUT2D eigenvalue weighted by Crippen LogP contribution is -2.22. The number of halogens is 2. The molecule has 0 saturated carbocycles. The molecule has 1 aromatic heterocycles. The lowest BCUT2D eigenvalue weighted by atomic mass is 10.1. The molecule has 0 unspecified atom stereocenters. The average molecular weight is 432 g/mol. The Labute approximate surface area is 143 Å². The van der Waals surface area contributed by atoms with E-state index in [0.717, 1.165) is 13.8 Å².